The molecule has 0 bridgehead atoms. The van der Waals surface area contributed by atoms with Crippen molar-refractivity contribution in [2.45, 2.75) is 19.5 Å². The Balaban J connectivity index is 2.66. The SMILES string of the molecule is CCCNc1cc(C(F)(F)F)nc2c(Cl)cccc12. The molecule has 0 spiro atoms. The molecule has 0 aliphatic heterocycles. The molecular weight excluding hydrogens is 277 g/mol. The number of aromatic nitrogens is 1. The molecule has 0 fully saturated rings. The van der Waals surface area contributed by atoms with Crippen LogP contribution in [0.15, 0.2) is 24.3 Å². The first-order chi connectivity index (χ1) is 8.93. The van der Waals surface area contributed by atoms with E-state index in [2.05, 4.69) is 10.3 Å². The Morgan fingerprint density at radius 2 is 2.05 bits per heavy atom. The van der Waals surface area contributed by atoms with Gasteiger partial charge in [0, 0.05) is 17.6 Å². The number of benzene rings is 1. The number of hydrogen-bond acceptors (Lipinski definition) is 2. The van der Waals surface area contributed by atoms with Crippen molar-refractivity contribution in [3.05, 3.63) is 35.0 Å². The quantitative estimate of drug-likeness (QED) is 0.883. The molecule has 0 amide bonds. The van der Waals surface area contributed by atoms with Crippen LogP contribution in [0.1, 0.15) is 19.0 Å². The Kier molecular flexibility index (Phi) is 3.85. The fourth-order valence-electron chi connectivity index (χ4n) is 1.76. The van der Waals surface area contributed by atoms with Crippen LogP contribution in [0.5, 0.6) is 0 Å². The number of hydrogen-bond donors (Lipinski definition) is 1. The van der Waals surface area contributed by atoms with Crippen molar-refractivity contribution >= 4 is 28.2 Å². The van der Waals surface area contributed by atoms with Gasteiger partial charge in [-0.05, 0) is 18.6 Å². The van der Waals surface area contributed by atoms with Crippen LogP contribution >= 0.6 is 11.6 Å². The summed E-state index contributed by atoms with van der Waals surface area (Å²) in [5.41, 5.74) is -0.369. The number of anilines is 1. The number of nitrogens with one attached hydrogen (secondary N) is 1. The monoisotopic (exact) mass is 288 g/mol. The minimum atomic E-state index is -4.49. The number of fused-ring (bicyclic) bond motifs is 1. The molecule has 0 atom stereocenters. The summed E-state index contributed by atoms with van der Waals surface area (Å²) in [5.74, 6) is 0. The zero-order chi connectivity index (χ0) is 14.0. The molecule has 1 aromatic carbocycles. The van der Waals surface area contributed by atoms with Gasteiger partial charge in [0.1, 0.15) is 5.69 Å². The maximum Gasteiger partial charge on any atom is 0.433 e. The van der Waals surface area contributed by atoms with Crippen molar-refractivity contribution < 1.29 is 13.2 Å². The lowest BCUT2D eigenvalue weighted by Gasteiger charge is -2.13. The molecule has 2 aromatic rings. The number of halogens is 4. The molecule has 1 N–H and O–H groups in total. The van der Waals surface area contributed by atoms with Crippen LogP contribution < -0.4 is 5.32 Å². The topological polar surface area (TPSA) is 24.9 Å². The van der Waals surface area contributed by atoms with E-state index in [-0.39, 0.29) is 10.5 Å². The van der Waals surface area contributed by atoms with Gasteiger partial charge >= 0.3 is 6.18 Å². The van der Waals surface area contributed by atoms with Crippen LogP contribution in [-0.4, -0.2) is 11.5 Å². The van der Waals surface area contributed by atoms with Crippen molar-refractivity contribution in [2.24, 2.45) is 0 Å². The number of pyridine rings is 1. The average Bonchev–Trinajstić information content (AvgIpc) is 2.35. The van der Waals surface area contributed by atoms with Crippen LogP contribution in [0.3, 0.4) is 0 Å². The highest BCUT2D eigenvalue weighted by molar-refractivity contribution is 6.35. The molecule has 0 radical (unpaired) electrons. The fraction of sp³-hybridized carbons (Fsp3) is 0.308. The third kappa shape index (κ3) is 2.92. The van der Waals surface area contributed by atoms with Gasteiger partial charge in [0.05, 0.1) is 10.5 Å². The minimum absolute atomic E-state index is 0.164. The van der Waals surface area contributed by atoms with Crippen molar-refractivity contribution in [2.75, 3.05) is 11.9 Å². The Labute approximate surface area is 113 Å². The Hall–Kier alpha value is -1.49. The largest absolute Gasteiger partial charge is 0.433 e. The molecule has 0 aliphatic carbocycles. The summed E-state index contributed by atoms with van der Waals surface area (Å²) in [4.78, 5) is 3.62. The molecule has 1 heterocycles. The summed E-state index contributed by atoms with van der Waals surface area (Å²) in [6.07, 6.45) is -3.68. The standard InChI is InChI=1S/C13H12ClF3N2/c1-2-6-18-10-7-11(13(15,16)17)19-12-8(10)4-3-5-9(12)14/h3-5,7H,2,6H2,1H3,(H,18,19). The van der Waals surface area contributed by atoms with Crippen LogP contribution in [0.4, 0.5) is 18.9 Å². The summed E-state index contributed by atoms with van der Waals surface area (Å²) in [5, 5.41) is 3.78. The normalized spacial score (nSPS) is 11.8. The van der Waals surface area contributed by atoms with E-state index in [1.807, 2.05) is 6.92 Å². The smallest absolute Gasteiger partial charge is 0.384 e. The summed E-state index contributed by atoms with van der Waals surface area (Å²) >= 11 is 5.93. The van der Waals surface area contributed by atoms with Crippen LogP contribution in [0.2, 0.25) is 5.02 Å². The minimum Gasteiger partial charge on any atom is -0.384 e. The second-order valence-corrected chi connectivity index (χ2v) is 4.52. The molecule has 0 unspecified atom stereocenters. The Morgan fingerprint density at radius 3 is 2.68 bits per heavy atom. The third-order valence-electron chi connectivity index (χ3n) is 2.65. The van der Waals surface area contributed by atoms with E-state index in [0.29, 0.717) is 17.6 Å². The van der Waals surface area contributed by atoms with Crippen molar-refractivity contribution in [1.29, 1.82) is 0 Å². The van der Waals surface area contributed by atoms with Gasteiger partial charge in [-0.1, -0.05) is 30.7 Å². The predicted molar refractivity (Wildman–Crippen MR) is 70.5 cm³/mol. The molecule has 2 rings (SSSR count). The molecular formula is C13H12ClF3N2. The second kappa shape index (κ2) is 5.25. The molecule has 2 nitrogen and oxygen atoms in total. The zero-order valence-electron chi connectivity index (χ0n) is 10.2. The predicted octanol–water partition coefficient (Wildman–Crippen LogP) is 4.73. The van der Waals surface area contributed by atoms with Crippen LogP contribution in [-0.2, 0) is 6.18 Å². The second-order valence-electron chi connectivity index (χ2n) is 4.12. The van der Waals surface area contributed by atoms with Crippen LogP contribution in [0, 0.1) is 0 Å². The Bertz CT molecular complexity index is 596. The van der Waals surface area contributed by atoms with E-state index in [1.54, 1.807) is 12.1 Å². The third-order valence-corrected chi connectivity index (χ3v) is 2.95. The van der Waals surface area contributed by atoms with Crippen molar-refractivity contribution in [3.63, 3.8) is 0 Å². The van der Waals surface area contributed by atoms with E-state index in [0.717, 1.165) is 12.5 Å². The highest BCUT2D eigenvalue weighted by atomic mass is 35.5. The Morgan fingerprint density at radius 1 is 1.32 bits per heavy atom. The van der Waals surface area contributed by atoms with E-state index >= 15 is 0 Å². The molecule has 0 saturated carbocycles. The van der Waals surface area contributed by atoms with Gasteiger partial charge < -0.3 is 5.32 Å². The highest BCUT2D eigenvalue weighted by Crippen LogP contribution is 2.35. The van der Waals surface area contributed by atoms with E-state index in [4.69, 9.17) is 11.6 Å². The fourth-order valence-corrected chi connectivity index (χ4v) is 1.98. The molecule has 19 heavy (non-hydrogen) atoms. The number of nitrogens with zero attached hydrogens (tertiary/aromatic N) is 1. The lowest BCUT2D eigenvalue weighted by Crippen LogP contribution is -2.10. The van der Waals surface area contributed by atoms with Gasteiger partial charge in [-0.15, -0.1) is 0 Å². The average molecular weight is 289 g/mol. The first kappa shape index (κ1) is 13.9. The molecule has 0 saturated heterocycles. The van der Waals surface area contributed by atoms with Gasteiger partial charge in [-0.3, -0.25) is 0 Å². The maximum absolute atomic E-state index is 12.8. The van der Waals surface area contributed by atoms with Gasteiger partial charge in [0.25, 0.3) is 0 Å². The highest BCUT2D eigenvalue weighted by Gasteiger charge is 2.33. The van der Waals surface area contributed by atoms with Gasteiger partial charge in [-0.2, -0.15) is 13.2 Å². The number of alkyl halides is 3. The van der Waals surface area contributed by atoms with E-state index < -0.39 is 11.9 Å². The first-order valence-corrected chi connectivity index (χ1v) is 6.21. The lowest BCUT2D eigenvalue weighted by molar-refractivity contribution is -0.140. The summed E-state index contributed by atoms with van der Waals surface area (Å²) < 4.78 is 38.4. The van der Waals surface area contributed by atoms with E-state index in [1.165, 1.54) is 6.07 Å². The van der Waals surface area contributed by atoms with Crippen molar-refractivity contribution in [1.82, 2.24) is 4.98 Å². The molecule has 1 aromatic heterocycles. The van der Waals surface area contributed by atoms with Crippen molar-refractivity contribution in [3.8, 4) is 0 Å². The molecule has 0 aliphatic rings. The number of para-hydroxylation sites is 1. The molecule has 102 valence electrons. The summed E-state index contributed by atoms with van der Waals surface area (Å²) in [6.45, 7) is 2.52. The number of rotatable bonds is 3. The summed E-state index contributed by atoms with van der Waals surface area (Å²) in [6, 6.07) is 5.94. The van der Waals surface area contributed by atoms with Crippen LogP contribution in [0.25, 0.3) is 10.9 Å². The summed E-state index contributed by atoms with van der Waals surface area (Å²) in [7, 11) is 0. The van der Waals surface area contributed by atoms with Gasteiger partial charge in [0.2, 0.25) is 0 Å². The lowest BCUT2D eigenvalue weighted by atomic mass is 10.1. The molecule has 6 heteroatoms. The first-order valence-electron chi connectivity index (χ1n) is 5.84. The van der Waals surface area contributed by atoms with Gasteiger partial charge in [0.15, 0.2) is 0 Å². The zero-order valence-corrected chi connectivity index (χ0v) is 10.9. The van der Waals surface area contributed by atoms with Gasteiger partial charge in [-0.25, -0.2) is 4.98 Å². The maximum atomic E-state index is 12.8. The van der Waals surface area contributed by atoms with E-state index in [9.17, 15) is 13.2 Å².